The van der Waals surface area contributed by atoms with Crippen molar-refractivity contribution in [1.29, 1.82) is 0 Å². The minimum Gasteiger partial charge on any atom is -0.480 e. The Morgan fingerprint density at radius 3 is 2.42 bits per heavy atom. The molecule has 0 bridgehead atoms. The molecule has 0 aliphatic rings. The van der Waals surface area contributed by atoms with Crippen molar-refractivity contribution in [2.45, 2.75) is 12.3 Å². The van der Waals surface area contributed by atoms with Gasteiger partial charge in [-0.05, 0) is 56.1 Å². The summed E-state index contributed by atoms with van der Waals surface area (Å²) in [5.41, 5.74) is 0.256. The van der Waals surface area contributed by atoms with Crippen LogP contribution in [0.3, 0.4) is 0 Å². The van der Waals surface area contributed by atoms with Crippen molar-refractivity contribution < 1.29 is 37.0 Å². The molecule has 1 aromatic heterocycles. The summed E-state index contributed by atoms with van der Waals surface area (Å²) in [6.07, 6.45) is -3.91. The van der Waals surface area contributed by atoms with Crippen molar-refractivity contribution in [3.8, 4) is 11.5 Å². The smallest absolute Gasteiger partial charge is 0.363 e. The average Bonchev–Trinajstić information content (AvgIpc) is 3.12. The highest BCUT2D eigenvalue weighted by atomic mass is 79.9. The Labute approximate surface area is 188 Å². The van der Waals surface area contributed by atoms with Crippen molar-refractivity contribution in [2.75, 3.05) is 6.54 Å². The van der Waals surface area contributed by atoms with E-state index in [0.29, 0.717) is 8.95 Å². The maximum atomic E-state index is 13.5. The molecule has 0 saturated heterocycles. The van der Waals surface area contributed by atoms with E-state index >= 15 is 0 Å². The number of amides is 1. The molecule has 164 valence electrons. The topological polar surface area (TPSA) is 104 Å². The number of carboxylic acids is 1. The Morgan fingerprint density at radius 2 is 1.84 bits per heavy atom. The molecule has 3 aromatic rings. The van der Waals surface area contributed by atoms with E-state index in [1.807, 2.05) is 0 Å². The Morgan fingerprint density at radius 1 is 1.19 bits per heavy atom. The van der Waals surface area contributed by atoms with Crippen LogP contribution in [0.25, 0.3) is 11.0 Å². The van der Waals surface area contributed by atoms with Crippen molar-refractivity contribution in [3.63, 3.8) is 0 Å². The number of rotatable bonds is 7. The summed E-state index contributed by atoms with van der Waals surface area (Å²) in [6, 6.07) is 6.82. The van der Waals surface area contributed by atoms with Crippen molar-refractivity contribution in [3.05, 3.63) is 50.7 Å². The number of imidazole rings is 1. The minimum atomic E-state index is -4.43. The van der Waals surface area contributed by atoms with Crippen LogP contribution in [0.15, 0.2) is 39.3 Å². The van der Waals surface area contributed by atoms with E-state index in [1.165, 1.54) is 30.3 Å². The number of H-pyrrole nitrogens is 1. The third-order valence-corrected chi connectivity index (χ3v) is 5.10. The van der Waals surface area contributed by atoms with Crippen LogP contribution in [0, 0.1) is 0 Å². The Balaban J connectivity index is 1.86. The number of carbonyl (C=O) groups excluding carboxylic acids is 1. The van der Waals surface area contributed by atoms with Crippen LogP contribution < -0.4 is 10.1 Å². The molecule has 1 amide bonds. The lowest BCUT2D eigenvalue weighted by atomic mass is 10.2. The van der Waals surface area contributed by atoms with E-state index in [2.05, 4.69) is 47.1 Å². The number of aromatic amines is 1. The summed E-state index contributed by atoms with van der Waals surface area (Å²) in [5.74, 6) is -7.01. The van der Waals surface area contributed by atoms with Crippen LogP contribution in [0.2, 0.25) is 0 Å². The number of benzene rings is 2. The fourth-order valence-electron chi connectivity index (χ4n) is 2.48. The molecule has 13 heteroatoms. The first-order chi connectivity index (χ1) is 14.5. The lowest BCUT2D eigenvalue weighted by Gasteiger charge is -2.12. The SMILES string of the molecule is O=C(O)CNC(=O)c1cc(Br)c(Oc2ccc3nc(C(F)(F)C(F)F)[nH]c3c2)c(Br)c1. The number of fused-ring (bicyclic) bond motifs is 1. The zero-order valence-corrected chi connectivity index (χ0v) is 18.2. The van der Waals surface area contributed by atoms with E-state index in [9.17, 15) is 27.2 Å². The van der Waals surface area contributed by atoms with Gasteiger partial charge in [-0.2, -0.15) is 8.78 Å². The quantitative estimate of drug-likeness (QED) is 0.346. The number of alkyl halides is 4. The number of nitrogens with zero attached hydrogens (tertiary/aromatic N) is 1. The van der Waals surface area contributed by atoms with Gasteiger partial charge >= 0.3 is 18.3 Å². The van der Waals surface area contributed by atoms with Gasteiger partial charge in [0.2, 0.25) is 0 Å². The molecular formula is C18H11Br2F4N3O4. The van der Waals surface area contributed by atoms with Gasteiger partial charge in [-0.1, -0.05) is 0 Å². The van der Waals surface area contributed by atoms with Gasteiger partial charge in [0.25, 0.3) is 5.91 Å². The molecule has 0 aliphatic carbocycles. The highest BCUT2D eigenvalue weighted by Gasteiger charge is 2.45. The van der Waals surface area contributed by atoms with Gasteiger partial charge in [0, 0.05) is 11.6 Å². The van der Waals surface area contributed by atoms with Crippen LogP contribution in [-0.4, -0.2) is 39.9 Å². The zero-order chi connectivity index (χ0) is 22.9. The van der Waals surface area contributed by atoms with E-state index < -0.39 is 36.6 Å². The molecule has 0 aliphatic heterocycles. The molecule has 3 rings (SSSR count). The van der Waals surface area contributed by atoms with Crippen molar-refractivity contribution in [2.24, 2.45) is 0 Å². The average molecular weight is 569 g/mol. The number of halogens is 6. The van der Waals surface area contributed by atoms with E-state index in [4.69, 9.17) is 9.84 Å². The predicted molar refractivity (Wildman–Crippen MR) is 108 cm³/mol. The summed E-state index contributed by atoms with van der Waals surface area (Å²) >= 11 is 6.49. The molecule has 0 fully saturated rings. The largest absolute Gasteiger partial charge is 0.480 e. The van der Waals surface area contributed by atoms with Crippen LogP contribution in [-0.2, 0) is 10.7 Å². The fraction of sp³-hybridized carbons (Fsp3) is 0.167. The maximum absolute atomic E-state index is 13.5. The van der Waals surface area contributed by atoms with Gasteiger partial charge in [-0.3, -0.25) is 9.59 Å². The molecule has 7 nitrogen and oxygen atoms in total. The Bertz CT molecular complexity index is 1150. The Kier molecular flexibility index (Phi) is 6.55. The van der Waals surface area contributed by atoms with Crippen LogP contribution in [0.4, 0.5) is 17.6 Å². The lowest BCUT2D eigenvalue weighted by Crippen LogP contribution is -2.29. The Hall–Kier alpha value is -2.67. The minimum absolute atomic E-state index is 0.0475. The second-order valence-electron chi connectivity index (χ2n) is 6.14. The molecule has 1 heterocycles. The third kappa shape index (κ3) is 4.98. The second kappa shape index (κ2) is 8.83. The summed E-state index contributed by atoms with van der Waals surface area (Å²) in [6.45, 7) is -0.552. The molecule has 0 atom stereocenters. The van der Waals surface area contributed by atoms with Gasteiger partial charge in [0.1, 0.15) is 12.3 Å². The number of nitrogens with one attached hydrogen (secondary N) is 2. The highest BCUT2D eigenvalue weighted by molar-refractivity contribution is 9.11. The fourth-order valence-corrected chi connectivity index (χ4v) is 3.83. The zero-order valence-electron chi connectivity index (χ0n) is 15.1. The number of carbonyl (C=O) groups is 2. The molecule has 3 N–H and O–H groups in total. The van der Waals surface area contributed by atoms with Crippen molar-refractivity contribution in [1.82, 2.24) is 15.3 Å². The first-order valence-electron chi connectivity index (χ1n) is 8.32. The number of hydrogen-bond donors (Lipinski definition) is 3. The number of aromatic nitrogens is 2. The van der Waals surface area contributed by atoms with Gasteiger partial charge in [-0.25, -0.2) is 13.8 Å². The van der Waals surface area contributed by atoms with E-state index in [-0.39, 0.29) is 28.1 Å². The molecule has 0 spiro atoms. The van der Waals surface area contributed by atoms with Crippen LogP contribution >= 0.6 is 31.9 Å². The van der Waals surface area contributed by atoms with E-state index in [1.54, 1.807) is 0 Å². The third-order valence-electron chi connectivity index (χ3n) is 3.92. The number of ether oxygens (including phenoxy) is 1. The van der Waals surface area contributed by atoms with Gasteiger partial charge < -0.3 is 20.1 Å². The summed E-state index contributed by atoms with van der Waals surface area (Å²) in [4.78, 5) is 28.3. The summed E-state index contributed by atoms with van der Waals surface area (Å²) in [7, 11) is 0. The van der Waals surface area contributed by atoms with Gasteiger partial charge in [0.05, 0.1) is 20.0 Å². The van der Waals surface area contributed by atoms with Crippen molar-refractivity contribution >= 4 is 54.8 Å². The van der Waals surface area contributed by atoms with Gasteiger partial charge in [0.15, 0.2) is 11.6 Å². The van der Waals surface area contributed by atoms with Crippen LogP contribution in [0.1, 0.15) is 16.2 Å². The first kappa shape index (κ1) is 23.0. The second-order valence-corrected chi connectivity index (χ2v) is 7.84. The first-order valence-corrected chi connectivity index (χ1v) is 9.90. The molecule has 0 unspecified atom stereocenters. The number of hydrogen-bond acceptors (Lipinski definition) is 4. The summed E-state index contributed by atoms with van der Waals surface area (Å²) < 4.78 is 58.5. The standard InChI is InChI=1S/C18H11Br2F4N3O4/c19-9-3-7(15(30)25-6-13(28)29)4-10(20)14(9)31-8-1-2-11-12(5-8)27-17(26-11)18(23,24)16(21)22/h1-5,16H,6H2,(H,25,30)(H,26,27)(H,28,29). The molecule has 0 saturated carbocycles. The van der Waals surface area contributed by atoms with E-state index in [0.717, 1.165) is 0 Å². The molecular weight excluding hydrogens is 558 g/mol. The molecule has 0 radical (unpaired) electrons. The summed E-state index contributed by atoms with van der Waals surface area (Å²) in [5, 5.41) is 10.9. The molecule has 2 aromatic carbocycles. The predicted octanol–water partition coefficient (Wildman–Crippen LogP) is 5.05. The number of carboxylic acid groups (broad SMARTS) is 1. The maximum Gasteiger partial charge on any atom is 0.363 e. The number of aliphatic carboxylic acids is 1. The van der Waals surface area contributed by atoms with Crippen LogP contribution in [0.5, 0.6) is 11.5 Å². The monoisotopic (exact) mass is 567 g/mol. The molecule has 31 heavy (non-hydrogen) atoms. The normalized spacial score (nSPS) is 11.7. The van der Waals surface area contributed by atoms with Gasteiger partial charge in [-0.15, -0.1) is 0 Å². The lowest BCUT2D eigenvalue weighted by molar-refractivity contribution is -0.140. The highest BCUT2D eigenvalue weighted by Crippen LogP contribution is 2.39.